The van der Waals surface area contributed by atoms with E-state index in [1.165, 1.54) is 12.1 Å². The molecule has 2 aromatic heterocycles. The number of aromatic nitrogens is 4. The number of nitrogens with zero attached hydrogens (tertiary/aromatic N) is 5. The van der Waals surface area contributed by atoms with Gasteiger partial charge in [-0.2, -0.15) is 18.2 Å². The summed E-state index contributed by atoms with van der Waals surface area (Å²) in [6.07, 6.45) is 2.38. The van der Waals surface area contributed by atoms with Gasteiger partial charge in [0.15, 0.2) is 17.0 Å². The lowest BCUT2D eigenvalue weighted by atomic mass is 9.94. The van der Waals surface area contributed by atoms with Crippen molar-refractivity contribution in [1.82, 2.24) is 40.8 Å². The maximum atomic E-state index is 13.8. The van der Waals surface area contributed by atoms with E-state index in [1.807, 2.05) is 0 Å². The van der Waals surface area contributed by atoms with Crippen LogP contribution in [0.15, 0.2) is 47.4 Å². The lowest BCUT2D eigenvalue weighted by molar-refractivity contribution is -0.250. The number of halogens is 3. The largest absolute Gasteiger partial charge is 0.471 e. The van der Waals surface area contributed by atoms with Crippen LogP contribution in [0.1, 0.15) is 88.2 Å². The molecule has 5 rings (SSSR count). The SMILES string of the molecule is CC(C)C(=O)Nc1nc2ncc(CN(C(=O)C(F)(F)F)c3ccc(C(=O)N[C@H](C)CCC(=O)NCCOC4(OCCNC(=O)CCN5C(=O)C=CC5=O)CCCCC4)cc3)nc2c(=O)[nH]1. The number of carbonyl (C=O) groups excluding carboxylic acids is 7. The van der Waals surface area contributed by atoms with Gasteiger partial charge in [-0.05, 0) is 50.5 Å². The zero-order valence-corrected chi connectivity index (χ0v) is 36.0. The third-order valence-corrected chi connectivity index (χ3v) is 10.3. The van der Waals surface area contributed by atoms with Crippen molar-refractivity contribution in [3.8, 4) is 0 Å². The topological polar surface area (TPSA) is 264 Å². The molecule has 20 nitrogen and oxygen atoms in total. The van der Waals surface area contributed by atoms with Gasteiger partial charge in [-0.25, -0.2) is 9.97 Å². The third kappa shape index (κ3) is 14.2. The number of fused-ring (bicyclic) bond motifs is 1. The third-order valence-electron chi connectivity index (χ3n) is 10.3. The Kier molecular flexibility index (Phi) is 17.0. The molecule has 65 heavy (non-hydrogen) atoms. The standard InChI is InChI=1S/C42H51F3N10O10/c1-25(2)36(60)52-40-51-35-34(38(62)53-40)50-28(23-48-35)24-55(39(63)42(43,44)45)29-10-8-27(9-11-29)37(61)49-26(3)7-12-30(56)46-18-21-64-41(16-5-4-6-17-41)65-22-19-47-31(57)15-20-54-32(58)13-14-33(54)59/h8-11,13-14,23,25-26H,4-7,12,15-22,24H2,1-3H3,(H,46,56)(H,47,57)(H,49,61)(H2,48,51,52,53,60,62)/t26-/m1/s1. The van der Waals surface area contributed by atoms with Gasteiger partial charge < -0.3 is 25.4 Å². The predicted octanol–water partition coefficient (Wildman–Crippen LogP) is 2.54. The fourth-order valence-electron chi connectivity index (χ4n) is 6.78. The van der Waals surface area contributed by atoms with E-state index in [4.69, 9.17) is 9.47 Å². The summed E-state index contributed by atoms with van der Waals surface area (Å²) in [5.74, 6) is -6.27. The Balaban J connectivity index is 1.06. The number of anilines is 2. The minimum atomic E-state index is -5.30. The number of H-pyrrole nitrogens is 1. The molecule has 1 aromatic carbocycles. The molecule has 350 valence electrons. The molecule has 1 aliphatic carbocycles. The first-order valence-electron chi connectivity index (χ1n) is 21.1. The van der Waals surface area contributed by atoms with Crippen molar-refractivity contribution in [3.63, 3.8) is 0 Å². The second-order valence-corrected chi connectivity index (χ2v) is 15.7. The van der Waals surface area contributed by atoms with Gasteiger partial charge in [0, 0.05) is 80.7 Å². The molecule has 0 radical (unpaired) electrons. The Morgan fingerprint density at radius 2 is 1.49 bits per heavy atom. The highest BCUT2D eigenvalue weighted by molar-refractivity contribution is 6.13. The van der Waals surface area contributed by atoms with Gasteiger partial charge in [0.1, 0.15) is 0 Å². The molecule has 1 fully saturated rings. The van der Waals surface area contributed by atoms with Crippen LogP contribution in [0.4, 0.5) is 24.8 Å². The highest BCUT2D eigenvalue weighted by atomic mass is 19.4. The Bertz CT molecular complexity index is 2310. The van der Waals surface area contributed by atoms with Gasteiger partial charge in [-0.3, -0.25) is 58.5 Å². The number of hydrogen-bond donors (Lipinski definition) is 5. The summed E-state index contributed by atoms with van der Waals surface area (Å²) in [7, 11) is 0. The number of alkyl halides is 3. The van der Waals surface area contributed by atoms with Crippen LogP contribution in [0, 0.1) is 5.92 Å². The quantitative estimate of drug-likeness (QED) is 0.0586. The van der Waals surface area contributed by atoms with Gasteiger partial charge >= 0.3 is 12.1 Å². The van der Waals surface area contributed by atoms with Crippen LogP contribution in [0.3, 0.4) is 0 Å². The number of aromatic amines is 1. The van der Waals surface area contributed by atoms with Crippen molar-refractivity contribution in [2.75, 3.05) is 43.1 Å². The van der Waals surface area contributed by atoms with Crippen molar-refractivity contribution >= 4 is 64.1 Å². The summed E-state index contributed by atoms with van der Waals surface area (Å²) in [6, 6.07) is 4.28. The minimum Gasteiger partial charge on any atom is -0.354 e. The minimum absolute atomic E-state index is 0.0213. The Morgan fingerprint density at radius 3 is 2.09 bits per heavy atom. The van der Waals surface area contributed by atoms with Crippen molar-refractivity contribution in [2.45, 2.75) is 96.7 Å². The van der Waals surface area contributed by atoms with Gasteiger partial charge in [-0.15, -0.1) is 0 Å². The second kappa shape index (κ2) is 22.3. The fourth-order valence-corrected chi connectivity index (χ4v) is 6.78. The van der Waals surface area contributed by atoms with Gasteiger partial charge in [0.2, 0.25) is 23.7 Å². The van der Waals surface area contributed by atoms with Crippen molar-refractivity contribution < 1.29 is 56.2 Å². The van der Waals surface area contributed by atoms with E-state index >= 15 is 0 Å². The smallest absolute Gasteiger partial charge is 0.354 e. The van der Waals surface area contributed by atoms with Crippen LogP contribution in [0.2, 0.25) is 0 Å². The molecule has 0 unspecified atom stereocenters. The fraction of sp³-hybridized carbons (Fsp3) is 0.500. The molecule has 0 spiro atoms. The van der Waals surface area contributed by atoms with Crippen LogP contribution in [0.5, 0.6) is 0 Å². The second-order valence-electron chi connectivity index (χ2n) is 15.7. The molecule has 0 saturated heterocycles. The van der Waals surface area contributed by atoms with E-state index in [0.29, 0.717) is 17.7 Å². The van der Waals surface area contributed by atoms with Gasteiger partial charge in [0.05, 0.1) is 31.6 Å². The van der Waals surface area contributed by atoms with Crippen molar-refractivity contribution in [3.05, 3.63) is 64.2 Å². The highest BCUT2D eigenvalue weighted by Crippen LogP contribution is 2.33. The number of hydrogen-bond acceptors (Lipinski definition) is 13. The lowest BCUT2D eigenvalue weighted by Crippen LogP contribution is -2.42. The first-order valence-corrected chi connectivity index (χ1v) is 21.1. The number of imide groups is 1. The molecule has 2 aliphatic rings. The number of rotatable bonds is 21. The zero-order valence-electron chi connectivity index (χ0n) is 36.0. The van der Waals surface area contributed by atoms with E-state index in [0.717, 1.165) is 54.6 Å². The molecule has 0 bridgehead atoms. The van der Waals surface area contributed by atoms with Crippen LogP contribution >= 0.6 is 0 Å². The van der Waals surface area contributed by atoms with Crippen LogP contribution in [-0.4, -0.2) is 117 Å². The van der Waals surface area contributed by atoms with Crippen LogP contribution < -0.4 is 31.7 Å². The monoisotopic (exact) mass is 912 g/mol. The molecular weight excluding hydrogens is 862 g/mol. The maximum Gasteiger partial charge on any atom is 0.471 e. The number of carbonyl (C=O) groups is 7. The van der Waals surface area contributed by atoms with Crippen molar-refractivity contribution in [1.29, 1.82) is 0 Å². The number of nitrogens with one attached hydrogen (secondary N) is 5. The van der Waals surface area contributed by atoms with Gasteiger partial charge in [0.25, 0.3) is 23.3 Å². The Labute approximate surface area is 370 Å². The molecule has 5 N–H and O–H groups in total. The molecule has 7 amide bonds. The predicted molar refractivity (Wildman–Crippen MR) is 225 cm³/mol. The summed E-state index contributed by atoms with van der Waals surface area (Å²) in [4.78, 5) is 114. The van der Waals surface area contributed by atoms with Crippen LogP contribution in [0.25, 0.3) is 11.2 Å². The summed E-state index contributed by atoms with van der Waals surface area (Å²) >= 11 is 0. The first-order chi connectivity index (χ1) is 30.8. The summed E-state index contributed by atoms with van der Waals surface area (Å²) in [5.41, 5.74) is -1.71. The Morgan fingerprint density at radius 1 is 0.877 bits per heavy atom. The molecular formula is C42H51F3N10O10. The van der Waals surface area contributed by atoms with Gasteiger partial charge in [-0.1, -0.05) is 20.3 Å². The lowest BCUT2D eigenvalue weighted by Gasteiger charge is -2.37. The zero-order chi connectivity index (χ0) is 47.3. The van der Waals surface area contributed by atoms with E-state index < -0.39 is 65.6 Å². The average molecular weight is 913 g/mol. The maximum absolute atomic E-state index is 13.8. The Hall–Kier alpha value is -6.62. The molecule has 3 aromatic rings. The average Bonchev–Trinajstić information content (AvgIpc) is 3.59. The first kappa shape index (κ1) is 49.4. The van der Waals surface area contributed by atoms with E-state index in [9.17, 15) is 51.5 Å². The molecule has 1 aliphatic heterocycles. The molecule has 1 saturated carbocycles. The van der Waals surface area contributed by atoms with Crippen molar-refractivity contribution in [2.24, 2.45) is 5.92 Å². The summed E-state index contributed by atoms with van der Waals surface area (Å²) in [5, 5.41) is 10.7. The van der Waals surface area contributed by atoms with E-state index in [2.05, 4.69) is 41.2 Å². The molecule has 23 heteroatoms. The number of ether oxygens (including phenoxy) is 2. The number of benzene rings is 1. The normalized spacial score (nSPS) is 15.2. The highest BCUT2D eigenvalue weighted by Gasteiger charge is 2.43. The van der Waals surface area contributed by atoms with E-state index in [1.54, 1.807) is 20.8 Å². The number of amides is 7. The molecule has 1 atom stereocenters. The van der Waals surface area contributed by atoms with E-state index in [-0.39, 0.29) is 98.0 Å². The summed E-state index contributed by atoms with van der Waals surface area (Å²) in [6.45, 7) is 4.86. The molecule has 3 heterocycles. The van der Waals surface area contributed by atoms with Crippen LogP contribution in [-0.2, 0) is 44.8 Å². The summed E-state index contributed by atoms with van der Waals surface area (Å²) < 4.78 is 53.5.